The molecule has 0 spiro atoms. The molecule has 96 valence electrons. The fourth-order valence-electron chi connectivity index (χ4n) is 2.95. The van der Waals surface area contributed by atoms with Crippen LogP contribution in [0.25, 0.3) is 0 Å². The highest BCUT2D eigenvalue weighted by Crippen LogP contribution is 2.32. The number of fused-ring (bicyclic) bond motifs is 1. The van der Waals surface area contributed by atoms with E-state index in [1.165, 1.54) is 0 Å². The van der Waals surface area contributed by atoms with Crippen LogP contribution in [0.2, 0.25) is 10.0 Å². The first-order chi connectivity index (χ1) is 8.68. The highest BCUT2D eigenvalue weighted by atomic mass is 35.5. The minimum atomic E-state index is -0.0400. The zero-order valence-electron chi connectivity index (χ0n) is 9.83. The van der Waals surface area contributed by atoms with Gasteiger partial charge in [-0.3, -0.25) is 4.79 Å². The first-order valence-electron chi connectivity index (χ1n) is 6.14. The maximum Gasteiger partial charge on any atom is 0.257 e. The zero-order valence-corrected chi connectivity index (χ0v) is 11.3. The van der Waals surface area contributed by atoms with E-state index in [0.29, 0.717) is 27.6 Å². The minimum absolute atomic E-state index is 0.0400. The summed E-state index contributed by atoms with van der Waals surface area (Å²) in [6.45, 7) is 2.68. The van der Waals surface area contributed by atoms with Crippen LogP contribution in [-0.4, -0.2) is 36.5 Å². The van der Waals surface area contributed by atoms with Crippen LogP contribution in [0, 0.1) is 5.92 Å². The van der Waals surface area contributed by atoms with Gasteiger partial charge in [0, 0.05) is 25.7 Å². The Morgan fingerprint density at radius 1 is 1.28 bits per heavy atom. The molecule has 3 nitrogen and oxygen atoms in total. The molecule has 0 unspecified atom stereocenters. The third-order valence-electron chi connectivity index (χ3n) is 3.88. The van der Waals surface area contributed by atoms with Crippen molar-refractivity contribution >= 4 is 29.1 Å². The number of amides is 1. The van der Waals surface area contributed by atoms with Crippen LogP contribution >= 0.6 is 23.2 Å². The molecule has 0 aliphatic carbocycles. The molecule has 1 amide bonds. The smallest absolute Gasteiger partial charge is 0.257 e. The molecule has 3 rings (SSSR count). The Kier molecular flexibility index (Phi) is 3.22. The number of hydrogen-bond donors (Lipinski definition) is 1. The molecule has 0 bridgehead atoms. The van der Waals surface area contributed by atoms with Gasteiger partial charge >= 0.3 is 0 Å². The number of nitrogens with zero attached hydrogens (tertiary/aromatic N) is 1. The van der Waals surface area contributed by atoms with Crippen molar-refractivity contribution in [2.45, 2.75) is 12.5 Å². The predicted octanol–water partition coefficient (Wildman–Crippen LogP) is 2.43. The molecule has 1 N–H and O–H groups in total. The molecule has 2 heterocycles. The minimum Gasteiger partial charge on any atom is -0.334 e. The van der Waals surface area contributed by atoms with Gasteiger partial charge in [-0.1, -0.05) is 29.3 Å². The van der Waals surface area contributed by atoms with E-state index >= 15 is 0 Å². The molecule has 0 aromatic heterocycles. The molecule has 2 aliphatic rings. The molecule has 5 heteroatoms. The van der Waals surface area contributed by atoms with Gasteiger partial charge in [-0.15, -0.1) is 0 Å². The second-order valence-corrected chi connectivity index (χ2v) is 5.68. The van der Waals surface area contributed by atoms with Crippen molar-refractivity contribution in [1.82, 2.24) is 10.2 Å². The van der Waals surface area contributed by atoms with Crippen LogP contribution in [0.15, 0.2) is 18.2 Å². The number of rotatable bonds is 1. The molecular formula is C13H14Cl2N2O. The van der Waals surface area contributed by atoms with E-state index in [1.54, 1.807) is 18.2 Å². The maximum atomic E-state index is 12.6. The van der Waals surface area contributed by atoms with E-state index in [-0.39, 0.29) is 5.91 Å². The Morgan fingerprint density at radius 3 is 2.72 bits per heavy atom. The number of likely N-dealkylation sites (tertiary alicyclic amines) is 1. The summed E-state index contributed by atoms with van der Waals surface area (Å²) in [6, 6.07) is 5.47. The first-order valence-corrected chi connectivity index (χ1v) is 6.90. The Balaban J connectivity index is 1.91. The van der Waals surface area contributed by atoms with Crippen LogP contribution in [-0.2, 0) is 0 Å². The highest BCUT2D eigenvalue weighted by molar-refractivity contribution is 6.39. The lowest BCUT2D eigenvalue weighted by Gasteiger charge is -2.24. The molecule has 2 aliphatic heterocycles. The summed E-state index contributed by atoms with van der Waals surface area (Å²) in [5.41, 5.74) is 0.438. The van der Waals surface area contributed by atoms with Gasteiger partial charge in [0.2, 0.25) is 0 Å². The summed E-state index contributed by atoms with van der Waals surface area (Å²) >= 11 is 12.2. The molecule has 18 heavy (non-hydrogen) atoms. The van der Waals surface area contributed by atoms with Crippen molar-refractivity contribution in [3.63, 3.8) is 0 Å². The molecule has 2 fully saturated rings. The van der Waals surface area contributed by atoms with Gasteiger partial charge in [0.15, 0.2) is 0 Å². The first kappa shape index (κ1) is 12.3. The third kappa shape index (κ3) is 1.91. The lowest BCUT2D eigenvalue weighted by molar-refractivity contribution is 0.0737. The van der Waals surface area contributed by atoms with E-state index in [1.807, 2.05) is 4.90 Å². The van der Waals surface area contributed by atoms with Gasteiger partial charge in [-0.25, -0.2) is 0 Å². The predicted molar refractivity (Wildman–Crippen MR) is 72.3 cm³/mol. The highest BCUT2D eigenvalue weighted by Gasteiger charge is 2.40. The van der Waals surface area contributed by atoms with Crippen molar-refractivity contribution in [3.05, 3.63) is 33.8 Å². The van der Waals surface area contributed by atoms with Crippen LogP contribution < -0.4 is 5.32 Å². The summed E-state index contributed by atoms with van der Waals surface area (Å²) in [7, 11) is 0. The maximum absolute atomic E-state index is 12.6. The van der Waals surface area contributed by atoms with Crippen LogP contribution in [0.1, 0.15) is 16.8 Å². The average Bonchev–Trinajstić information content (AvgIpc) is 2.89. The standard InChI is InChI=1S/C13H14Cl2N2O/c14-9-2-1-3-10(15)12(9)13(18)17-5-4-8-6-16-7-11(8)17/h1-3,8,11,16H,4-7H2/t8-,11+/m0/s1. The summed E-state index contributed by atoms with van der Waals surface area (Å²) < 4.78 is 0. The number of hydrogen-bond acceptors (Lipinski definition) is 2. The molecule has 0 saturated carbocycles. The quantitative estimate of drug-likeness (QED) is 0.859. The summed E-state index contributed by atoms with van der Waals surface area (Å²) in [6.07, 6.45) is 1.06. The van der Waals surface area contributed by atoms with Gasteiger partial charge in [0.1, 0.15) is 0 Å². The van der Waals surface area contributed by atoms with Gasteiger partial charge < -0.3 is 10.2 Å². The third-order valence-corrected chi connectivity index (χ3v) is 4.51. The monoisotopic (exact) mass is 284 g/mol. The summed E-state index contributed by atoms with van der Waals surface area (Å²) in [4.78, 5) is 14.5. The topological polar surface area (TPSA) is 32.3 Å². The van der Waals surface area contributed by atoms with Crippen LogP contribution in [0.4, 0.5) is 0 Å². The van der Waals surface area contributed by atoms with Crippen molar-refractivity contribution in [3.8, 4) is 0 Å². The van der Waals surface area contributed by atoms with Crippen molar-refractivity contribution in [2.75, 3.05) is 19.6 Å². The second-order valence-electron chi connectivity index (χ2n) is 4.87. The summed E-state index contributed by atoms with van der Waals surface area (Å²) in [5, 5.41) is 4.19. The number of nitrogens with one attached hydrogen (secondary N) is 1. The van der Waals surface area contributed by atoms with Crippen molar-refractivity contribution < 1.29 is 4.79 Å². The molecule has 2 atom stereocenters. The Hall–Kier alpha value is -0.770. The molecule has 1 aromatic rings. The van der Waals surface area contributed by atoms with Gasteiger partial charge in [0.25, 0.3) is 5.91 Å². The number of carbonyl (C=O) groups excluding carboxylic acids is 1. The number of carbonyl (C=O) groups is 1. The van der Waals surface area contributed by atoms with Gasteiger partial charge in [0.05, 0.1) is 15.6 Å². The van der Waals surface area contributed by atoms with Crippen LogP contribution in [0.5, 0.6) is 0 Å². The van der Waals surface area contributed by atoms with Crippen LogP contribution in [0.3, 0.4) is 0 Å². The lowest BCUT2D eigenvalue weighted by Crippen LogP contribution is -2.39. The van der Waals surface area contributed by atoms with E-state index in [4.69, 9.17) is 23.2 Å². The zero-order chi connectivity index (χ0) is 12.7. The lowest BCUT2D eigenvalue weighted by atomic mass is 10.0. The molecule has 0 radical (unpaired) electrons. The average molecular weight is 285 g/mol. The SMILES string of the molecule is O=C(c1c(Cl)cccc1Cl)N1CC[C@H]2CNC[C@H]21. The van der Waals surface area contributed by atoms with Crippen molar-refractivity contribution in [1.29, 1.82) is 0 Å². The van der Waals surface area contributed by atoms with E-state index in [2.05, 4.69) is 5.32 Å². The van der Waals surface area contributed by atoms with E-state index in [9.17, 15) is 4.79 Å². The number of benzene rings is 1. The fourth-order valence-corrected chi connectivity index (χ4v) is 3.51. The second kappa shape index (κ2) is 4.72. The van der Waals surface area contributed by atoms with Gasteiger partial charge in [-0.05, 0) is 24.5 Å². The Morgan fingerprint density at radius 2 is 2.00 bits per heavy atom. The molecule has 2 saturated heterocycles. The van der Waals surface area contributed by atoms with Gasteiger partial charge in [-0.2, -0.15) is 0 Å². The van der Waals surface area contributed by atoms with E-state index in [0.717, 1.165) is 26.1 Å². The number of halogens is 2. The van der Waals surface area contributed by atoms with E-state index < -0.39 is 0 Å². The normalized spacial score (nSPS) is 26.4. The largest absolute Gasteiger partial charge is 0.334 e. The Labute approximate surface area is 116 Å². The van der Waals surface area contributed by atoms with Crippen molar-refractivity contribution in [2.24, 2.45) is 5.92 Å². The Bertz CT molecular complexity index is 472. The summed E-state index contributed by atoms with van der Waals surface area (Å²) in [5.74, 6) is 0.539. The fraction of sp³-hybridized carbons (Fsp3) is 0.462. The molecule has 1 aromatic carbocycles. The molecular weight excluding hydrogens is 271 g/mol.